The first-order valence-corrected chi connectivity index (χ1v) is 8.55. The summed E-state index contributed by atoms with van der Waals surface area (Å²) in [7, 11) is -0.844. The molecule has 1 rings (SSSR count). The van der Waals surface area contributed by atoms with Gasteiger partial charge in [-0.2, -0.15) is 0 Å². The highest BCUT2D eigenvalue weighted by molar-refractivity contribution is 7.84. The minimum absolute atomic E-state index is 0.114. The molecule has 1 unspecified atom stereocenters. The van der Waals surface area contributed by atoms with E-state index < -0.39 is 10.8 Å². The van der Waals surface area contributed by atoms with Gasteiger partial charge in [0.15, 0.2) is 0 Å². The van der Waals surface area contributed by atoms with Crippen molar-refractivity contribution in [2.75, 3.05) is 29.9 Å². The van der Waals surface area contributed by atoms with Gasteiger partial charge in [-0.1, -0.05) is 19.9 Å². The number of benzene rings is 1. The van der Waals surface area contributed by atoms with Gasteiger partial charge in [-0.15, -0.1) is 0 Å². The van der Waals surface area contributed by atoms with Crippen LogP contribution >= 0.6 is 0 Å². The normalized spacial score (nSPS) is 11.9. The molecule has 0 fully saturated rings. The van der Waals surface area contributed by atoms with Crippen LogP contribution in [-0.2, 0) is 10.8 Å². The average molecular weight is 296 g/mol. The van der Waals surface area contributed by atoms with Gasteiger partial charge in [0, 0.05) is 41.1 Å². The highest BCUT2D eigenvalue weighted by atomic mass is 32.2. The van der Waals surface area contributed by atoms with E-state index in [9.17, 15) is 9.00 Å². The van der Waals surface area contributed by atoms with Crippen LogP contribution in [0.2, 0.25) is 0 Å². The Morgan fingerprint density at radius 2 is 2.00 bits per heavy atom. The lowest BCUT2D eigenvalue weighted by Crippen LogP contribution is -2.28. The summed E-state index contributed by atoms with van der Waals surface area (Å²) in [5, 5.41) is 6.10. The smallest absolute Gasteiger partial charge is 0.253 e. The highest BCUT2D eigenvalue weighted by Crippen LogP contribution is 2.17. The van der Waals surface area contributed by atoms with Gasteiger partial charge in [0.05, 0.1) is 5.56 Å². The lowest BCUT2D eigenvalue weighted by Gasteiger charge is -2.12. The zero-order chi connectivity index (χ0) is 15.0. The molecular formula is C15H24N2O2S. The van der Waals surface area contributed by atoms with Gasteiger partial charge in [0.1, 0.15) is 0 Å². The van der Waals surface area contributed by atoms with Crippen LogP contribution in [0.15, 0.2) is 18.2 Å². The van der Waals surface area contributed by atoms with Crippen molar-refractivity contribution in [1.29, 1.82) is 0 Å². The molecule has 0 radical (unpaired) electrons. The molecule has 5 heteroatoms. The Hall–Kier alpha value is -1.36. The minimum Gasteiger partial charge on any atom is -0.384 e. The van der Waals surface area contributed by atoms with Gasteiger partial charge in [0.25, 0.3) is 5.91 Å². The summed E-state index contributed by atoms with van der Waals surface area (Å²) < 4.78 is 11.3. The number of aryl methyl sites for hydroxylation is 1. The molecule has 2 N–H and O–H groups in total. The number of amides is 1. The van der Waals surface area contributed by atoms with E-state index in [0.29, 0.717) is 23.6 Å². The zero-order valence-corrected chi connectivity index (χ0v) is 13.3. The topological polar surface area (TPSA) is 58.2 Å². The number of rotatable bonds is 8. The highest BCUT2D eigenvalue weighted by Gasteiger charge is 2.11. The predicted octanol–water partition coefficient (Wildman–Crippen LogP) is 2.32. The molecule has 0 aliphatic heterocycles. The van der Waals surface area contributed by atoms with Gasteiger partial charge < -0.3 is 10.6 Å². The van der Waals surface area contributed by atoms with E-state index in [2.05, 4.69) is 17.6 Å². The summed E-state index contributed by atoms with van der Waals surface area (Å²) >= 11 is 0. The van der Waals surface area contributed by atoms with E-state index >= 15 is 0 Å². The second kappa shape index (κ2) is 8.74. The van der Waals surface area contributed by atoms with Crippen molar-refractivity contribution >= 4 is 22.4 Å². The lowest BCUT2D eigenvalue weighted by molar-refractivity contribution is 0.0957. The Kier molecular flexibility index (Phi) is 7.30. The molecule has 0 saturated carbocycles. The number of nitrogens with one attached hydrogen (secondary N) is 2. The molecule has 1 atom stereocenters. The molecule has 112 valence electrons. The quantitative estimate of drug-likeness (QED) is 0.774. The van der Waals surface area contributed by atoms with Crippen molar-refractivity contribution in [2.45, 2.75) is 27.2 Å². The molecule has 1 aromatic carbocycles. The molecular weight excluding hydrogens is 272 g/mol. The summed E-state index contributed by atoms with van der Waals surface area (Å²) in [4.78, 5) is 12.2. The van der Waals surface area contributed by atoms with Crippen LogP contribution in [0.3, 0.4) is 0 Å². The fraction of sp³-hybridized carbons (Fsp3) is 0.533. The summed E-state index contributed by atoms with van der Waals surface area (Å²) in [6.45, 7) is 7.25. The standard InChI is InChI=1S/C15H24N2O2S/c1-4-8-16-14-11-12(3)6-7-13(14)15(18)17-9-10-20(19)5-2/h6-7,11,16H,4-5,8-10H2,1-3H3,(H,17,18). The first-order valence-electron chi connectivity index (χ1n) is 7.06. The third-order valence-corrected chi connectivity index (χ3v) is 4.23. The Bertz CT molecular complexity index is 475. The number of anilines is 1. The zero-order valence-electron chi connectivity index (χ0n) is 12.5. The fourth-order valence-corrected chi connectivity index (χ4v) is 2.40. The van der Waals surface area contributed by atoms with Gasteiger partial charge >= 0.3 is 0 Å². The Morgan fingerprint density at radius 1 is 1.25 bits per heavy atom. The molecule has 0 heterocycles. The van der Waals surface area contributed by atoms with Crippen molar-refractivity contribution in [2.24, 2.45) is 0 Å². The summed E-state index contributed by atoms with van der Waals surface area (Å²) in [6.07, 6.45) is 1.00. The molecule has 4 nitrogen and oxygen atoms in total. The second-order valence-electron chi connectivity index (χ2n) is 4.66. The largest absolute Gasteiger partial charge is 0.384 e. The summed E-state index contributed by atoms with van der Waals surface area (Å²) in [5.41, 5.74) is 2.62. The van der Waals surface area contributed by atoms with E-state index in [-0.39, 0.29) is 5.91 Å². The SMILES string of the molecule is CCCNc1cc(C)ccc1C(=O)NCCS(=O)CC. The summed E-state index contributed by atoms with van der Waals surface area (Å²) in [5.74, 6) is 1.02. The first kappa shape index (κ1) is 16.7. The molecule has 20 heavy (non-hydrogen) atoms. The fourth-order valence-electron chi connectivity index (χ4n) is 1.78. The van der Waals surface area contributed by atoms with E-state index in [0.717, 1.165) is 24.2 Å². The molecule has 1 amide bonds. The predicted molar refractivity (Wildman–Crippen MR) is 85.8 cm³/mol. The number of hydrogen-bond acceptors (Lipinski definition) is 3. The molecule has 0 bridgehead atoms. The van der Waals surface area contributed by atoms with Crippen molar-refractivity contribution in [1.82, 2.24) is 5.32 Å². The second-order valence-corrected chi connectivity index (χ2v) is 6.53. The van der Waals surface area contributed by atoms with E-state index in [4.69, 9.17) is 0 Å². The molecule has 0 spiro atoms. The Labute approximate surface area is 123 Å². The van der Waals surface area contributed by atoms with Crippen molar-refractivity contribution in [3.63, 3.8) is 0 Å². The van der Waals surface area contributed by atoms with Crippen LogP contribution in [0.5, 0.6) is 0 Å². The average Bonchev–Trinajstić information content (AvgIpc) is 2.44. The third kappa shape index (κ3) is 5.33. The number of carbonyl (C=O) groups excluding carboxylic acids is 1. The van der Waals surface area contributed by atoms with Crippen molar-refractivity contribution in [3.8, 4) is 0 Å². The maximum absolute atomic E-state index is 12.2. The molecule has 1 aromatic rings. The van der Waals surface area contributed by atoms with E-state index in [1.807, 2.05) is 32.0 Å². The van der Waals surface area contributed by atoms with Crippen LogP contribution in [-0.4, -0.2) is 34.7 Å². The van der Waals surface area contributed by atoms with Crippen molar-refractivity contribution < 1.29 is 9.00 Å². The van der Waals surface area contributed by atoms with Gasteiger partial charge in [-0.25, -0.2) is 0 Å². The minimum atomic E-state index is -0.844. The van der Waals surface area contributed by atoms with Crippen LogP contribution in [0.4, 0.5) is 5.69 Å². The molecule has 0 saturated heterocycles. The van der Waals surface area contributed by atoms with Gasteiger partial charge in [0.2, 0.25) is 0 Å². The Balaban J connectivity index is 2.68. The summed E-state index contributed by atoms with van der Waals surface area (Å²) in [6, 6.07) is 5.74. The van der Waals surface area contributed by atoms with Gasteiger partial charge in [-0.05, 0) is 31.0 Å². The first-order chi connectivity index (χ1) is 9.58. The monoisotopic (exact) mass is 296 g/mol. The van der Waals surface area contributed by atoms with E-state index in [1.54, 1.807) is 0 Å². The number of hydrogen-bond donors (Lipinski definition) is 2. The lowest BCUT2D eigenvalue weighted by atomic mass is 10.1. The van der Waals surface area contributed by atoms with Crippen LogP contribution in [0, 0.1) is 6.92 Å². The molecule has 0 aliphatic carbocycles. The molecule has 0 aromatic heterocycles. The van der Waals surface area contributed by atoms with Crippen LogP contribution in [0.1, 0.15) is 36.2 Å². The number of carbonyl (C=O) groups is 1. The maximum Gasteiger partial charge on any atom is 0.253 e. The van der Waals surface area contributed by atoms with E-state index in [1.165, 1.54) is 0 Å². The third-order valence-electron chi connectivity index (χ3n) is 2.92. The maximum atomic E-state index is 12.2. The Morgan fingerprint density at radius 3 is 2.65 bits per heavy atom. The van der Waals surface area contributed by atoms with Crippen molar-refractivity contribution in [3.05, 3.63) is 29.3 Å². The van der Waals surface area contributed by atoms with Gasteiger partial charge in [-0.3, -0.25) is 9.00 Å². The van der Waals surface area contributed by atoms with Crippen LogP contribution in [0.25, 0.3) is 0 Å². The van der Waals surface area contributed by atoms with Crippen LogP contribution < -0.4 is 10.6 Å². The molecule has 0 aliphatic rings.